The highest BCUT2D eigenvalue weighted by Crippen LogP contribution is 2.25. The summed E-state index contributed by atoms with van der Waals surface area (Å²) in [5.74, 6) is 1.02. The molecule has 2 aromatic carbocycles. The van der Waals surface area contributed by atoms with Gasteiger partial charge in [0.1, 0.15) is 5.01 Å². The van der Waals surface area contributed by atoms with E-state index in [1.807, 2.05) is 18.2 Å². The van der Waals surface area contributed by atoms with E-state index in [9.17, 15) is 13.2 Å². The van der Waals surface area contributed by atoms with Crippen molar-refractivity contribution < 1.29 is 13.2 Å². The number of para-hydroxylation sites is 1. The Balaban J connectivity index is 1.23. The van der Waals surface area contributed by atoms with Gasteiger partial charge in [-0.05, 0) is 42.7 Å². The molecule has 6 nitrogen and oxygen atoms in total. The van der Waals surface area contributed by atoms with Crippen LogP contribution in [-0.2, 0) is 27.1 Å². The molecule has 4 rings (SSSR count). The number of benzene rings is 2. The maximum absolute atomic E-state index is 12.6. The van der Waals surface area contributed by atoms with Crippen LogP contribution in [-0.4, -0.2) is 42.5 Å². The number of amides is 1. The summed E-state index contributed by atoms with van der Waals surface area (Å²) in [5.41, 5.74) is 1.87. The zero-order valence-corrected chi connectivity index (χ0v) is 18.9. The molecule has 158 valence electrons. The Bertz CT molecular complexity index is 1090. The highest BCUT2D eigenvalue weighted by atomic mass is 32.2. The molecule has 1 aliphatic rings. The summed E-state index contributed by atoms with van der Waals surface area (Å²) in [5, 5.41) is 3.91. The lowest BCUT2D eigenvalue weighted by atomic mass is 10.2. The lowest BCUT2D eigenvalue weighted by Crippen LogP contribution is -2.28. The van der Waals surface area contributed by atoms with Gasteiger partial charge < -0.3 is 5.32 Å². The molecular weight excluding hydrogens is 438 g/mol. The minimum Gasteiger partial charge on any atom is -0.351 e. The number of rotatable bonds is 8. The van der Waals surface area contributed by atoms with Crippen LogP contribution in [0.15, 0.2) is 53.4 Å². The molecule has 1 fully saturated rings. The molecule has 0 atom stereocenters. The van der Waals surface area contributed by atoms with Crippen LogP contribution in [0.4, 0.5) is 0 Å². The van der Waals surface area contributed by atoms with Crippen molar-refractivity contribution in [2.75, 3.05) is 18.8 Å². The van der Waals surface area contributed by atoms with Gasteiger partial charge in [0.15, 0.2) is 0 Å². The van der Waals surface area contributed by atoms with E-state index in [4.69, 9.17) is 0 Å². The van der Waals surface area contributed by atoms with Crippen LogP contribution in [0.5, 0.6) is 0 Å². The van der Waals surface area contributed by atoms with Crippen LogP contribution < -0.4 is 5.32 Å². The molecule has 0 unspecified atom stereocenters. The Labute approximate surface area is 184 Å². The Morgan fingerprint density at radius 1 is 1.10 bits per heavy atom. The molecular formula is C21H23N3O3S3. The molecule has 0 bridgehead atoms. The van der Waals surface area contributed by atoms with Gasteiger partial charge in [-0.1, -0.05) is 24.3 Å². The molecule has 1 aromatic heterocycles. The molecule has 9 heteroatoms. The third kappa shape index (κ3) is 5.03. The fourth-order valence-electron chi connectivity index (χ4n) is 3.32. The SMILES string of the molecule is O=C(CSCc1nc2ccccc2s1)NCc1ccc(S(=O)(=O)N2CCCC2)cc1. The van der Waals surface area contributed by atoms with E-state index >= 15 is 0 Å². The number of hydrogen-bond donors (Lipinski definition) is 1. The first-order chi connectivity index (χ1) is 14.5. The summed E-state index contributed by atoms with van der Waals surface area (Å²) in [6.45, 7) is 1.56. The van der Waals surface area contributed by atoms with Gasteiger partial charge in [0.05, 0.1) is 20.9 Å². The summed E-state index contributed by atoms with van der Waals surface area (Å²) >= 11 is 3.19. The number of carbonyl (C=O) groups excluding carboxylic acids is 1. The molecule has 3 aromatic rings. The minimum atomic E-state index is -3.40. The summed E-state index contributed by atoms with van der Waals surface area (Å²) < 4.78 is 27.8. The van der Waals surface area contributed by atoms with Gasteiger partial charge in [0.25, 0.3) is 0 Å². The number of nitrogens with one attached hydrogen (secondary N) is 1. The monoisotopic (exact) mass is 461 g/mol. The standard InChI is InChI=1S/C21H23N3O3S3/c25-20(14-28-15-21-23-18-5-1-2-6-19(18)29-21)22-13-16-7-9-17(10-8-16)30(26,27)24-11-3-4-12-24/h1-2,5-10H,3-4,11-15H2,(H,22,25). The number of thiazole rings is 1. The molecule has 1 amide bonds. The van der Waals surface area contributed by atoms with Crippen LogP contribution in [0.3, 0.4) is 0 Å². The molecule has 0 spiro atoms. The summed E-state index contributed by atoms with van der Waals surface area (Å²) in [6, 6.07) is 14.8. The molecule has 30 heavy (non-hydrogen) atoms. The molecule has 0 radical (unpaired) electrons. The Kier molecular flexibility index (Phi) is 6.72. The van der Waals surface area contributed by atoms with Crippen LogP contribution >= 0.6 is 23.1 Å². The van der Waals surface area contributed by atoms with Crippen LogP contribution in [0.25, 0.3) is 10.2 Å². The van der Waals surface area contributed by atoms with Gasteiger partial charge in [-0.3, -0.25) is 4.79 Å². The van der Waals surface area contributed by atoms with Crippen molar-refractivity contribution in [2.24, 2.45) is 0 Å². The summed E-state index contributed by atoms with van der Waals surface area (Å²) in [6.07, 6.45) is 1.83. The Hall–Kier alpha value is -1.94. The van der Waals surface area contributed by atoms with Gasteiger partial charge >= 0.3 is 0 Å². The van der Waals surface area contributed by atoms with Crippen LogP contribution in [0, 0.1) is 0 Å². The van der Waals surface area contributed by atoms with E-state index in [0.29, 0.717) is 36.0 Å². The number of carbonyl (C=O) groups is 1. The molecule has 1 saturated heterocycles. The predicted octanol–water partition coefficient (Wildman–Crippen LogP) is 3.63. The quantitative estimate of drug-likeness (QED) is 0.554. The van der Waals surface area contributed by atoms with Crippen molar-refractivity contribution in [3.63, 3.8) is 0 Å². The number of fused-ring (bicyclic) bond motifs is 1. The van der Waals surface area contributed by atoms with Gasteiger partial charge in [0, 0.05) is 25.4 Å². The van der Waals surface area contributed by atoms with Gasteiger partial charge in [-0.15, -0.1) is 23.1 Å². The third-order valence-corrected chi connectivity index (χ3v) is 8.99. The number of hydrogen-bond acceptors (Lipinski definition) is 6. The van der Waals surface area contributed by atoms with E-state index in [1.165, 1.54) is 16.1 Å². The van der Waals surface area contributed by atoms with E-state index < -0.39 is 10.0 Å². The van der Waals surface area contributed by atoms with Crippen molar-refractivity contribution >= 4 is 49.2 Å². The molecule has 0 aliphatic carbocycles. The highest BCUT2D eigenvalue weighted by molar-refractivity contribution is 7.99. The average molecular weight is 462 g/mol. The van der Waals surface area contributed by atoms with Gasteiger partial charge in [-0.2, -0.15) is 4.31 Å². The van der Waals surface area contributed by atoms with Crippen LogP contribution in [0.1, 0.15) is 23.4 Å². The fourth-order valence-corrected chi connectivity index (χ4v) is 6.72. The highest BCUT2D eigenvalue weighted by Gasteiger charge is 2.26. The second kappa shape index (κ2) is 9.47. The number of sulfonamides is 1. The molecule has 2 heterocycles. The summed E-state index contributed by atoms with van der Waals surface area (Å²) in [7, 11) is -3.40. The van der Waals surface area contributed by atoms with E-state index in [0.717, 1.165) is 33.6 Å². The van der Waals surface area contributed by atoms with Gasteiger partial charge in [-0.25, -0.2) is 13.4 Å². The zero-order valence-electron chi connectivity index (χ0n) is 16.4. The first-order valence-corrected chi connectivity index (χ1v) is 13.2. The maximum atomic E-state index is 12.6. The Morgan fingerprint density at radius 3 is 2.57 bits per heavy atom. The van der Waals surface area contributed by atoms with E-state index in [2.05, 4.69) is 16.4 Å². The minimum absolute atomic E-state index is 0.0464. The average Bonchev–Trinajstić information content (AvgIpc) is 3.42. The first-order valence-electron chi connectivity index (χ1n) is 9.80. The maximum Gasteiger partial charge on any atom is 0.243 e. The van der Waals surface area contributed by atoms with Crippen molar-refractivity contribution in [1.82, 2.24) is 14.6 Å². The third-order valence-electron chi connectivity index (χ3n) is 4.91. The molecule has 1 N–H and O–H groups in total. The van der Waals surface area contributed by atoms with Crippen LogP contribution in [0.2, 0.25) is 0 Å². The number of thioether (sulfide) groups is 1. The summed E-state index contributed by atoms with van der Waals surface area (Å²) in [4.78, 5) is 17.0. The molecule has 0 saturated carbocycles. The zero-order chi connectivity index (χ0) is 21.0. The number of aromatic nitrogens is 1. The van der Waals surface area contributed by atoms with E-state index in [-0.39, 0.29) is 5.91 Å². The second-order valence-electron chi connectivity index (χ2n) is 7.10. The number of nitrogens with zero attached hydrogens (tertiary/aromatic N) is 2. The van der Waals surface area contributed by atoms with Crippen molar-refractivity contribution in [1.29, 1.82) is 0 Å². The Morgan fingerprint density at radius 2 is 1.83 bits per heavy atom. The molecule has 1 aliphatic heterocycles. The topological polar surface area (TPSA) is 79.4 Å². The fraction of sp³-hybridized carbons (Fsp3) is 0.333. The van der Waals surface area contributed by atoms with Gasteiger partial charge in [0.2, 0.25) is 15.9 Å². The van der Waals surface area contributed by atoms with Crippen molar-refractivity contribution in [2.45, 2.75) is 30.0 Å². The smallest absolute Gasteiger partial charge is 0.243 e. The largest absolute Gasteiger partial charge is 0.351 e. The second-order valence-corrected chi connectivity index (χ2v) is 11.1. The van der Waals surface area contributed by atoms with Crippen molar-refractivity contribution in [3.8, 4) is 0 Å². The van der Waals surface area contributed by atoms with E-state index in [1.54, 1.807) is 35.6 Å². The lowest BCUT2D eigenvalue weighted by molar-refractivity contribution is -0.118. The van der Waals surface area contributed by atoms with Crippen molar-refractivity contribution in [3.05, 3.63) is 59.1 Å². The first kappa shape index (κ1) is 21.3. The normalized spacial score (nSPS) is 14.9. The lowest BCUT2D eigenvalue weighted by Gasteiger charge is -2.15. The predicted molar refractivity (Wildman–Crippen MR) is 122 cm³/mol.